The highest BCUT2D eigenvalue weighted by Gasteiger charge is 2.18. The Morgan fingerprint density at radius 3 is 2.40 bits per heavy atom. The van der Waals surface area contributed by atoms with Gasteiger partial charge in [0, 0.05) is 19.3 Å². The second kappa shape index (κ2) is 6.58. The lowest BCUT2D eigenvalue weighted by Gasteiger charge is -2.23. The molecule has 2 aromatic carbocycles. The third kappa shape index (κ3) is 3.40. The highest BCUT2D eigenvalue weighted by molar-refractivity contribution is 5.37. The van der Waals surface area contributed by atoms with E-state index in [1.54, 1.807) is 0 Å². The van der Waals surface area contributed by atoms with E-state index in [9.17, 15) is 0 Å². The van der Waals surface area contributed by atoms with Gasteiger partial charge in [0.05, 0.1) is 13.1 Å². The van der Waals surface area contributed by atoms with E-state index in [1.165, 1.54) is 24.2 Å². The fraction of sp³-hybridized carbons (Fsp3) is 0.333. The molecule has 20 heavy (non-hydrogen) atoms. The molecule has 0 saturated carbocycles. The molecule has 1 aliphatic heterocycles. The minimum atomic E-state index is 0.386. The zero-order valence-corrected chi connectivity index (χ0v) is 11.8. The Hall–Kier alpha value is -1.80. The summed E-state index contributed by atoms with van der Waals surface area (Å²) in [6.45, 7) is 2.37. The van der Waals surface area contributed by atoms with Gasteiger partial charge >= 0.3 is 0 Å². The molecule has 1 aliphatic rings. The summed E-state index contributed by atoms with van der Waals surface area (Å²) in [6.07, 6.45) is 3.63. The third-order valence-electron chi connectivity index (χ3n) is 3.89. The van der Waals surface area contributed by atoms with Crippen LogP contribution in [0.1, 0.15) is 24.0 Å². The van der Waals surface area contributed by atoms with Gasteiger partial charge < -0.3 is 10.1 Å². The molecule has 0 aromatic heterocycles. The first-order chi connectivity index (χ1) is 9.92. The molecular weight excluding hydrogens is 246 g/mol. The zero-order chi connectivity index (χ0) is 13.6. The van der Waals surface area contributed by atoms with Crippen molar-refractivity contribution in [2.24, 2.45) is 0 Å². The summed E-state index contributed by atoms with van der Waals surface area (Å²) in [5, 5.41) is 2.37. The number of quaternary nitrogens is 1. The fourth-order valence-corrected chi connectivity index (χ4v) is 2.77. The molecule has 1 fully saturated rings. The Bertz CT molecular complexity index is 532. The van der Waals surface area contributed by atoms with Crippen LogP contribution in [0.4, 0.5) is 0 Å². The predicted molar refractivity (Wildman–Crippen MR) is 81.0 cm³/mol. The van der Waals surface area contributed by atoms with Crippen LogP contribution in [0, 0.1) is 0 Å². The Labute approximate surface area is 120 Å². The van der Waals surface area contributed by atoms with Gasteiger partial charge in [-0.05, 0) is 17.2 Å². The molecule has 104 valence electrons. The number of hydrogen-bond donors (Lipinski definition) is 1. The number of ether oxygens (including phenoxy) is 1. The molecule has 2 nitrogen and oxygen atoms in total. The van der Waals surface area contributed by atoms with Gasteiger partial charge in [-0.25, -0.2) is 0 Å². The van der Waals surface area contributed by atoms with Gasteiger partial charge in [0.1, 0.15) is 11.9 Å². The molecule has 0 amide bonds. The van der Waals surface area contributed by atoms with Crippen LogP contribution in [0.5, 0.6) is 5.75 Å². The van der Waals surface area contributed by atoms with Crippen LogP contribution in [0.3, 0.4) is 0 Å². The average molecular weight is 268 g/mol. The number of piperidine rings is 1. The van der Waals surface area contributed by atoms with Crippen molar-refractivity contribution in [3.63, 3.8) is 0 Å². The summed E-state index contributed by atoms with van der Waals surface area (Å²) >= 11 is 0. The molecule has 0 spiro atoms. The molecule has 3 rings (SSSR count). The summed E-state index contributed by atoms with van der Waals surface area (Å²) < 4.78 is 6.24. The number of para-hydroxylation sites is 1. The molecule has 1 heterocycles. The van der Waals surface area contributed by atoms with Gasteiger partial charge in [-0.2, -0.15) is 0 Å². The van der Waals surface area contributed by atoms with E-state index < -0.39 is 0 Å². The van der Waals surface area contributed by atoms with Gasteiger partial charge in [0.25, 0.3) is 0 Å². The van der Waals surface area contributed by atoms with E-state index in [1.807, 2.05) is 0 Å². The van der Waals surface area contributed by atoms with Crippen LogP contribution in [0.25, 0.3) is 0 Å². The quantitative estimate of drug-likeness (QED) is 0.905. The highest BCUT2D eigenvalue weighted by atomic mass is 16.5. The number of rotatable bonds is 4. The molecule has 0 unspecified atom stereocenters. The van der Waals surface area contributed by atoms with Gasteiger partial charge in [-0.3, -0.25) is 0 Å². The second-order valence-electron chi connectivity index (χ2n) is 5.45. The van der Waals surface area contributed by atoms with Crippen LogP contribution in [0.2, 0.25) is 0 Å². The van der Waals surface area contributed by atoms with Gasteiger partial charge in [0.2, 0.25) is 0 Å². The van der Waals surface area contributed by atoms with Crippen molar-refractivity contribution in [2.45, 2.75) is 25.4 Å². The van der Waals surface area contributed by atoms with Crippen LogP contribution in [-0.2, 0) is 6.42 Å². The fourth-order valence-electron chi connectivity index (χ4n) is 2.77. The van der Waals surface area contributed by atoms with Crippen molar-refractivity contribution in [1.82, 2.24) is 0 Å². The maximum absolute atomic E-state index is 6.24. The Kier molecular flexibility index (Phi) is 4.34. The summed E-state index contributed by atoms with van der Waals surface area (Å²) in [5.41, 5.74) is 2.62. The number of hydrogen-bond acceptors (Lipinski definition) is 1. The minimum absolute atomic E-state index is 0.386. The average Bonchev–Trinajstić information content (AvgIpc) is 2.51. The molecule has 0 aliphatic carbocycles. The van der Waals surface area contributed by atoms with E-state index in [0.29, 0.717) is 6.10 Å². The van der Waals surface area contributed by atoms with E-state index in [4.69, 9.17) is 4.74 Å². The summed E-state index contributed by atoms with van der Waals surface area (Å²) in [6, 6.07) is 19.0. The lowest BCUT2D eigenvalue weighted by molar-refractivity contribution is -0.664. The van der Waals surface area contributed by atoms with Crippen molar-refractivity contribution in [1.29, 1.82) is 0 Å². The van der Waals surface area contributed by atoms with E-state index in [2.05, 4.69) is 59.9 Å². The SMILES string of the molecule is c1ccc(Cc2ccccc2OC2CC[NH2+]CC2)cc1. The molecule has 2 heteroatoms. The van der Waals surface area contributed by atoms with E-state index in [0.717, 1.165) is 25.0 Å². The normalized spacial score (nSPS) is 16.0. The van der Waals surface area contributed by atoms with Crippen molar-refractivity contribution < 1.29 is 10.1 Å². The lowest BCUT2D eigenvalue weighted by Crippen LogP contribution is -2.86. The smallest absolute Gasteiger partial charge is 0.123 e. The van der Waals surface area contributed by atoms with Crippen LogP contribution in [-0.4, -0.2) is 19.2 Å². The first kappa shape index (κ1) is 13.2. The van der Waals surface area contributed by atoms with Gasteiger partial charge in [-0.1, -0.05) is 48.5 Å². The van der Waals surface area contributed by atoms with Crippen LogP contribution in [0.15, 0.2) is 54.6 Å². The lowest BCUT2D eigenvalue weighted by atomic mass is 10.0. The third-order valence-corrected chi connectivity index (χ3v) is 3.89. The predicted octanol–water partition coefficient (Wildman–Crippen LogP) is 2.38. The van der Waals surface area contributed by atoms with Gasteiger partial charge in [0.15, 0.2) is 0 Å². The standard InChI is InChI=1S/C18H21NO/c1-2-6-15(7-3-1)14-16-8-4-5-9-18(16)20-17-10-12-19-13-11-17/h1-9,17,19H,10-14H2/p+1. The van der Waals surface area contributed by atoms with Crippen molar-refractivity contribution >= 4 is 0 Å². The molecule has 0 bridgehead atoms. The number of benzene rings is 2. The minimum Gasteiger partial charge on any atom is -0.490 e. The maximum atomic E-state index is 6.24. The highest BCUT2D eigenvalue weighted by Crippen LogP contribution is 2.23. The van der Waals surface area contributed by atoms with Crippen LogP contribution < -0.4 is 10.1 Å². The van der Waals surface area contributed by atoms with E-state index in [-0.39, 0.29) is 0 Å². The Balaban J connectivity index is 1.74. The van der Waals surface area contributed by atoms with Gasteiger partial charge in [-0.15, -0.1) is 0 Å². The second-order valence-corrected chi connectivity index (χ2v) is 5.45. The summed E-state index contributed by atoms with van der Waals surface area (Å²) in [4.78, 5) is 0. The first-order valence-corrected chi connectivity index (χ1v) is 7.52. The Morgan fingerprint density at radius 1 is 0.900 bits per heavy atom. The van der Waals surface area contributed by atoms with Crippen molar-refractivity contribution in [3.05, 3.63) is 65.7 Å². The molecule has 0 atom stereocenters. The van der Waals surface area contributed by atoms with E-state index >= 15 is 0 Å². The van der Waals surface area contributed by atoms with Crippen molar-refractivity contribution in [2.75, 3.05) is 13.1 Å². The molecule has 1 saturated heterocycles. The summed E-state index contributed by atoms with van der Waals surface area (Å²) in [7, 11) is 0. The molecule has 0 radical (unpaired) electrons. The summed E-state index contributed by atoms with van der Waals surface area (Å²) in [5.74, 6) is 1.06. The molecule has 2 aromatic rings. The topological polar surface area (TPSA) is 25.8 Å². The monoisotopic (exact) mass is 268 g/mol. The van der Waals surface area contributed by atoms with Crippen LogP contribution >= 0.6 is 0 Å². The maximum Gasteiger partial charge on any atom is 0.123 e. The van der Waals surface area contributed by atoms with Crippen molar-refractivity contribution in [3.8, 4) is 5.75 Å². The molecule has 2 N–H and O–H groups in total. The first-order valence-electron chi connectivity index (χ1n) is 7.52. The Morgan fingerprint density at radius 2 is 1.60 bits per heavy atom. The largest absolute Gasteiger partial charge is 0.490 e. The zero-order valence-electron chi connectivity index (χ0n) is 11.8. The number of nitrogens with two attached hydrogens (primary N) is 1. The molecular formula is C18H22NO+.